The van der Waals surface area contributed by atoms with Gasteiger partial charge in [-0.2, -0.15) is 5.10 Å². The Kier molecular flexibility index (Phi) is 4.86. The van der Waals surface area contributed by atoms with Gasteiger partial charge < -0.3 is 20.1 Å². The summed E-state index contributed by atoms with van der Waals surface area (Å²) in [7, 11) is 1.72. The third kappa shape index (κ3) is 3.69. The van der Waals surface area contributed by atoms with Gasteiger partial charge >= 0.3 is 6.09 Å². The molecule has 1 aromatic carbocycles. The Bertz CT molecular complexity index is 1250. The van der Waals surface area contributed by atoms with Gasteiger partial charge in [0.2, 0.25) is 0 Å². The number of aliphatic hydroxyl groups excluding tert-OH is 1. The molecule has 3 heterocycles. The Morgan fingerprint density at radius 2 is 2.20 bits per heavy atom. The number of amides is 1. The minimum atomic E-state index is -0.666. The van der Waals surface area contributed by atoms with E-state index in [9.17, 15) is 9.18 Å². The van der Waals surface area contributed by atoms with E-state index >= 15 is 0 Å². The van der Waals surface area contributed by atoms with Crippen LogP contribution in [0.1, 0.15) is 20.3 Å². The summed E-state index contributed by atoms with van der Waals surface area (Å²) in [5.74, 6) is -0.141. The Morgan fingerprint density at radius 3 is 2.97 bits per heavy atom. The van der Waals surface area contributed by atoms with Crippen LogP contribution in [0, 0.1) is 5.82 Å². The average Bonchev–Trinajstić information content (AvgIpc) is 3.22. The van der Waals surface area contributed by atoms with Crippen molar-refractivity contribution in [2.45, 2.75) is 25.8 Å². The van der Waals surface area contributed by atoms with Crippen molar-refractivity contribution in [2.75, 3.05) is 6.61 Å². The smallest absolute Gasteiger partial charge is 0.406 e. The SMILES string of the molecule is Cn1nc(-c2cnc3[nH]cc(OC(=O)NC(C)(C)CCO)c3n2)c2ccc(F)cc21. The Balaban J connectivity index is 1.68. The van der Waals surface area contributed by atoms with Crippen LogP contribution in [0.2, 0.25) is 0 Å². The Labute approximate surface area is 170 Å². The second-order valence-corrected chi connectivity index (χ2v) is 7.61. The first-order valence-corrected chi connectivity index (χ1v) is 9.35. The van der Waals surface area contributed by atoms with Gasteiger partial charge in [0.15, 0.2) is 16.9 Å². The molecule has 9 nitrogen and oxygen atoms in total. The molecular formula is C20H21FN6O3. The maximum absolute atomic E-state index is 13.6. The minimum absolute atomic E-state index is 0.0584. The maximum atomic E-state index is 13.6. The van der Waals surface area contributed by atoms with Crippen molar-refractivity contribution >= 4 is 28.2 Å². The molecule has 3 N–H and O–H groups in total. The van der Waals surface area contributed by atoms with E-state index in [0.29, 0.717) is 34.5 Å². The first kappa shape index (κ1) is 19.8. The summed E-state index contributed by atoms with van der Waals surface area (Å²) < 4.78 is 20.6. The molecule has 1 amide bonds. The summed E-state index contributed by atoms with van der Waals surface area (Å²) in [5.41, 5.74) is 1.82. The van der Waals surface area contributed by atoms with E-state index < -0.39 is 11.6 Å². The quantitative estimate of drug-likeness (QED) is 0.464. The van der Waals surface area contributed by atoms with Gasteiger partial charge in [-0.3, -0.25) is 4.68 Å². The van der Waals surface area contributed by atoms with Gasteiger partial charge in [-0.25, -0.2) is 19.2 Å². The molecule has 0 aliphatic rings. The third-order valence-corrected chi connectivity index (χ3v) is 4.78. The molecule has 0 aliphatic carbocycles. The van der Waals surface area contributed by atoms with Crippen LogP contribution in [0.15, 0.2) is 30.6 Å². The number of aryl methyl sites for hydroxylation is 1. The van der Waals surface area contributed by atoms with Crippen LogP contribution in [-0.4, -0.2) is 48.1 Å². The molecule has 4 aromatic rings. The normalized spacial score (nSPS) is 11.9. The lowest BCUT2D eigenvalue weighted by Gasteiger charge is -2.24. The van der Waals surface area contributed by atoms with Crippen molar-refractivity contribution in [3.63, 3.8) is 0 Å². The summed E-state index contributed by atoms with van der Waals surface area (Å²) in [6.07, 6.45) is 2.77. The lowest BCUT2D eigenvalue weighted by molar-refractivity contribution is 0.178. The molecule has 0 fully saturated rings. The number of aromatic nitrogens is 5. The molecule has 0 saturated heterocycles. The summed E-state index contributed by atoms with van der Waals surface area (Å²) in [4.78, 5) is 24.1. The van der Waals surface area contributed by atoms with Crippen LogP contribution >= 0.6 is 0 Å². The number of aliphatic hydroxyl groups is 1. The summed E-state index contributed by atoms with van der Waals surface area (Å²) >= 11 is 0. The molecule has 156 valence electrons. The molecule has 0 radical (unpaired) electrons. The van der Waals surface area contributed by atoms with E-state index in [2.05, 4.69) is 25.4 Å². The Morgan fingerprint density at radius 1 is 1.40 bits per heavy atom. The first-order valence-electron chi connectivity index (χ1n) is 9.35. The lowest BCUT2D eigenvalue weighted by atomic mass is 10.0. The highest BCUT2D eigenvalue weighted by Crippen LogP contribution is 2.30. The fourth-order valence-electron chi connectivity index (χ4n) is 3.22. The molecule has 0 unspecified atom stereocenters. The zero-order valence-corrected chi connectivity index (χ0v) is 16.7. The number of fused-ring (bicyclic) bond motifs is 2. The van der Waals surface area contributed by atoms with Crippen LogP contribution in [0.5, 0.6) is 5.75 Å². The van der Waals surface area contributed by atoms with E-state index in [1.165, 1.54) is 18.3 Å². The Hall–Kier alpha value is -3.53. The number of nitrogens with zero attached hydrogens (tertiary/aromatic N) is 4. The van der Waals surface area contributed by atoms with E-state index in [1.54, 1.807) is 37.8 Å². The predicted molar refractivity (Wildman–Crippen MR) is 108 cm³/mol. The van der Waals surface area contributed by atoms with Crippen molar-refractivity contribution in [3.8, 4) is 17.1 Å². The number of nitrogens with one attached hydrogen (secondary N) is 2. The van der Waals surface area contributed by atoms with Gasteiger partial charge in [-0.15, -0.1) is 0 Å². The minimum Gasteiger partial charge on any atom is -0.406 e. The molecular weight excluding hydrogens is 391 g/mol. The molecule has 0 aliphatic heterocycles. The van der Waals surface area contributed by atoms with E-state index in [4.69, 9.17) is 9.84 Å². The number of rotatable bonds is 5. The van der Waals surface area contributed by atoms with Gasteiger partial charge in [-0.05, 0) is 38.5 Å². The molecule has 0 bridgehead atoms. The van der Waals surface area contributed by atoms with Crippen LogP contribution in [0.3, 0.4) is 0 Å². The topological polar surface area (TPSA) is 118 Å². The molecule has 3 aromatic heterocycles. The maximum Gasteiger partial charge on any atom is 0.413 e. The van der Waals surface area contributed by atoms with Crippen LogP contribution in [-0.2, 0) is 7.05 Å². The number of carbonyl (C=O) groups excluding carboxylic acids is 1. The van der Waals surface area contributed by atoms with E-state index in [-0.39, 0.29) is 18.2 Å². The number of hydrogen-bond donors (Lipinski definition) is 3. The molecule has 0 saturated carbocycles. The van der Waals surface area contributed by atoms with Gasteiger partial charge in [0.25, 0.3) is 0 Å². The van der Waals surface area contributed by atoms with Crippen molar-refractivity contribution < 1.29 is 19.0 Å². The number of ether oxygens (including phenoxy) is 1. The molecule has 4 rings (SSSR count). The average molecular weight is 412 g/mol. The summed E-state index contributed by atoms with van der Waals surface area (Å²) in [6.45, 7) is 3.51. The number of carbonyl (C=O) groups is 1. The van der Waals surface area contributed by atoms with Crippen LogP contribution in [0.25, 0.3) is 33.5 Å². The predicted octanol–water partition coefficient (Wildman–Crippen LogP) is 2.90. The third-order valence-electron chi connectivity index (χ3n) is 4.78. The lowest BCUT2D eigenvalue weighted by Crippen LogP contribution is -2.45. The zero-order chi connectivity index (χ0) is 21.5. The molecule has 30 heavy (non-hydrogen) atoms. The summed E-state index contributed by atoms with van der Waals surface area (Å²) in [6, 6.07) is 4.41. The van der Waals surface area contributed by atoms with E-state index in [0.717, 1.165) is 5.39 Å². The number of hydrogen-bond acceptors (Lipinski definition) is 6. The van der Waals surface area contributed by atoms with Gasteiger partial charge in [0.1, 0.15) is 17.2 Å². The highest BCUT2D eigenvalue weighted by molar-refractivity contribution is 5.93. The van der Waals surface area contributed by atoms with Gasteiger partial charge in [0, 0.05) is 30.8 Å². The number of H-pyrrole nitrogens is 1. The van der Waals surface area contributed by atoms with Crippen molar-refractivity contribution in [1.29, 1.82) is 0 Å². The van der Waals surface area contributed by atoms with Crippen LogP contribution in [0.4, 0.5) is 9.18 Å². The monoisotopic (exact) mass is 412 g/mol. The summed E-state index contributed by atoms with van der Waals surface area (Å²) in [5, 5.41) is 17.0. The van der Waals surface area contributed by atoms with Gasteiger partial charge in [0.05, 0.1) is 11.7 Å². The van der Waals surface area contributed by atoms with Gasteiger partial charge in [-0.1, -0.05) is 0 Å². The fourth-order valence-corrected chi connectivity index (χ4v) is 3.22. The molecule has 0 spiro atoms. The van der Waals surface area contributed by atoms with Crippen LogP contribution < -0.4 is 10.1 Å². The number of benzene rings is 1. The van der Waals surface area contributed by atoms with Crippen molar-refractivity contribution in [3.05, 3.63) is 36.4 Å². The second-order valence-electron chi connectivity index (χ2n) is 7.61. The number of aromatic amines is 1. The standard InChI is InChI=1S/C20H21FN6O3/c1-20(2,6-7-28)25-19(29)30-15-10-23-18-17(15)24-13(9-22-18)16-12-5-4-11(21)8-14(12)27(3)26-16/h4-5,8-10,28H,6-7H2,1-3H3,(H,22,23)(H,25,29). The van der Waals surface area contributed by atoms with E-state index in [1.807, 2.05) is 0 Å². The second kappa shape index (κ2) is 7.38. The molecule has 0 atom stereocenters. The highest BCUT2D eigenvalue weighted by atomic mass is 19.1. The number of halogens is 1. The van der Waals surface area contributed by atoms with Crippen molar-refractivity contribution in [2.24, 2.45) is 7.05 Å². The zero-order valence-electron chi connectivity index (χ0n) is 16.7. The first-order chi connectivity index (χ1) is 14.3. The van der Waals surface area contributed by atoms with Crippen molar-refractivity contribution in [1.82, 2.24) is 30.0 Å². The highest BCUT2D eigenvalue weighted by Gasteiger charge is 2.22. The molecule has 10 heteroatoms. The fraction of sp³-hybridized carbons (Fsp3) is 0.300. The largest absolute Gasteiger partial charge is 0.413 e.